The lowest BCUT2D eigenvalue weighted by Crippen LogP contribution is -2.34. The summed E-state index contributed by atoms with van der Waals surface area (Å²) in [4.78, 5) is 0. The van der Waals surface area contributed by atoms with Crippen LogP contribution < -0.4 is 0 Å². The summed E-state index contributed by atoms with van der Waals surface area (Å²) in [6, 6.07) is 0. The summed E-state index contributed by atoms with van der Waals surface area (Å²) in [5, 5.41) is 9.96. The Kier molecular flexibility index (Phi) is 4.20. The Morgan fingerprint density at radius 3 is 2.23 bits per heavy atom. The molecule has 2 heteroatoms. The molecular formula is C11H22O2. The minimum atomic E-state index is -0.581. The highest BCUT2D eigenvalue weighted by Gasteiger charge is 2.25. The van der Waals surface area contributed by atoms with Gasteiger partial charge in [0.1, 0.15) is 0 Å². The van der Waals surface area contributed by atoms with Gasteiger partial charge in [0.05, 0.1) is 18.3 Å². The Hall–Kier alpha value is -0.0800. The molecule has 1 saturated carbocycles. The van der Waals surface area contributed by atoms with Crippen LogP contribution in [0.4, 0.5) is 0 Å². The van der Waals surface area contributed by atoms with Crippen molar-refractivity contribution in [2.75, 3.05) is 6.61 Å². The van der Waals surface area contributed by atoms with Crippen molar-refractivity contribution in [2.24, 2.45) is 0 Å². The first kappa shape index (κ1) is 11.0. The SMILES string of the molecule is CCC(O)(CC)COC1CCCC1. The van der Waals surface area contributed by atoms with E-state index in [9.17, 15) is 5.11 Å². The van der Waals surface area contributed by atoms with E-state index < -0.39 is 5.60 Å². The molecule has 0 saturated heterocycles. The van der Waals surface area contributed by atoms with Gasteiger partial charge >= 0.3 is 0 Å². The zero-order valence-electron chi connectivity index (χ0n) is 8.88. The molecule has 1 fully saturated rings. The summed E-state index contributed by atoms with van der Waals surface area (Å²) in [5.41, 5.74) is -0.581. The highest BCUT2D eigenvalue weighted by atomic mass is 16.5. The molecule has 0 aromatic rings. The first-order valence-electron chi connectivity index (χ1n) is 5.54. The average Bonchev–Trinajstić information content (AvgIpc) is 2.67. The molecule has 0 atom stereocenters. The summed E-state index contributed by atoms with van der Waals surface area (Å²) < 4.78 is 5.70. The third-order valence-corrected chi connectivity index (χ3v) is 3.21. The van der Waals surface area contributed by atoms with Crippen molar-refractivity contribution in [2.45, 2.75) is 64.1 Å². The lowest BCUT2D eigenvalue weighted by Gasteiger charge is -2.26. The first-order chi connectivity index (χ1) is 6.20. The highest BCUT2D eigenvalue weighted by molar-refractivity contribution is 4.76. The van der Waals surface area contributed by atoms with Gasteiger partial charge in [0.2, 0.25) is 0 Å². The molecule has 1 aliphatic rings. The maximum absolute atomic E-state index is 9.96. The van der Waals surface area contributed by atoms with E-state index in [4.69, 9.17) is 4.74 Å². The maximum atomic E-state index is 9.96. The fourth-order valence-electron chi connectivity index (χ4n) is 1.78. The van der Waals surface area contributed by atoms with Crippen LogP contribution >= 0.6 is 0 Å². The number of ether oxygens (including phenoxy) is 1. The lowest BCUT2D eigenvalue weighted by atomic mass is 9.99. The smallest absolute Gasteiger partial charge is 0.0875 e. The highest BCUT2D eigenvalue weighted by Crippen LogP contribution is 2.23. The van der Waals surface area contributed by atoms with Gasteiger partial charge in [-0.1, -0.05) is 26.7 Å². The number of hydrogen-bond donors (Lipinski definition) is 1. The van der Waals surface area contributed by atoms with E-state index in [1.54, 1.807) is 0 Å². The van der Waals surface area contributed by atoms with E-state index in [1.807, 2.05) is 13.8 Å². The van der Waals surface area contributed by atoms with Crippen LogP contribution in [-0.2, 0) is 4.74 Å². The summed E-state index contributed by atoms with van der Waals surface area (Å²) >= 11 is 0. The van der Waals surface area contributed by atoms with Crippen molar-refractivity contribution >= 4 is 0 Å². The van der Waals surface area contributed by atoms with Gasteiger partial charge < -0.3 is 9.84 Å². The van der Waals surface area contributed by atoms with Gasteiger partial charge in [0.15, 0.2) is 0 Å². The summed E-state index contributed by atoms with van der Waals surface area (Å²) in [7, 11) is 0. The molecule has 1 rings (SSSR count). The fraction of sp³-hybridized carbons (Fsp3) is 1.00. The van der Waals surface area contributed by atoms with Crippen molar-refractivity contribution < 1.29 is 9.84 Å². The molecule has 13 heavy (non-hydrogen) atoms. The Morgan fingerprint density at radius 2 is 1.77 bits per heavy atom. The molecule has 1 aliphatic carbocycles. The largest absolute Gasteiger partial charge is 0.388 e. The predicted molar refractivity (Wildman–Crippen MR) is 53.7 cm³/mol. The van der Waals surface area contributed by atoms with Gasteiger partial charge in [-0.25, -0.2) is 0 Å². The van der Waals surface area contributed by atoms with Crippen LogP contribution in [0.15, 0.2) is 0 Å². The third kappa shape index (κ3) is 3.28. The van der Waals surface area contributed by atoms with Gasteiger partial charge in [0.25, 0.3) is 0 Å². The van der Waals surface area contributed by atoms with Crippen molar-refractivity contribution in [3.63, 3.8) is 0 Å². The van der Waals surface area contributed by atoms with Crippen molar-refractivity contribution in [3.05, 3.63) is 0 Å². The topological polar surface area (TPSA) is 29.5 Å². The zero-order chi connectivity index (χ0) is 9.73. The van der Waals surface area contributed by atoms with Gasteiger partial charge in [-0.15, -0.1) is 0 Å². The molecular weight excluding hydrogens is 164 g/mol. The van der Waals surface area contributed by atoms with E-state index in [-0.39, 0.29) is 0 Å². The van der Waals surface area contributed by atoms with E-state index >= 15 is 0 Å². The van der Waals surface area contributed by atoms with E-state index in [2.05, 4.69) is 0 Å². The van der Waals surface area contributed by atoms with Crippen LogP contribution in [0.2, 0.25) is 0 Å². The molecule has 0 bridgehead atoms. The van der Waals surface area contributed by atoms with Crippen molar-refractivity contribution in [1.29, 1.82) is 0 Å². The Morgan fingerprint density at radius 1 is 1.23 bits per heavy atom. The van der Waals surface area contributed by atoms with Crippen molar-refractivity contribution in [1.82, 2.24) is 0 Å². The minimum absolute atomic E-state index is 0.421. The van der Waals surface area contributed by atoms with Crippen LogP contribution in [0.1, 0.15) is 52.4 Å². The number of rotatable bonds is 5. The molecule has 2 nitrogen and oxygen atoms in total. The fourth-order valence-corrected chi connectivity index (χ4v) is 1.78. The zero-order valence-corrected chi connectivity index (χ0v) is 8.88. The molecule has 0 aromatic heterocycles. The average molecular weight is 186 g/mol. The molecule has 0 spiro atoms. The molecule has 0 unspecified atom stereocenters. The molecule has 0 radical (unpaired) electrons. The van der Waals surface area contributed by atoms with E-state index in [0.29, 0.717) is 12.7 Å². The second-order valence-corrected chi connectivity index (χ2v) is 4.15. The monoisotopic (exact) mass is 186 g/mol. The molecule has 78 valence electrons. The van der Waals surface area contributed by atoms with Crippen LogP contribution in [0.5, 0.6) is 0 Å². The van der Waals surface area contributed by atoms with Gasteiger partial charge in [-0.2, -0.15) is 0 Å². The number of aliphatic hydroxyl groups is 1. The maximum Gasteiger partial charge on any atom is 0.0875 e. The summed E-state index contributed by atoms with van der Waals surface area (Å²) in [5.74, 6) is 0. The van der Waals surface area contributed by atoms with Crippen LogP contribution in [-0.4, -0.2) is 23.4 Å². The summed E-state index contributed by atoms with van der Waals surface area (Å²) in [6.45, 7) is 4.55. The quantitative estimate of drug-likeness (QED) is 0.715. The molecule has 0 heterocycles. The minimum Gasteiger partial charge on any atom is -0.388 e. The summed E-state index contributed by atoms with van der Waals surface area (Å²) in [6.07, 6.45) is 6.95. The lowest BCUT2D eigenvalue weighted by molar-refractivity contribution is -0.0750. The Labute approximate surface area is 81.3 Å². The predicted octanol–water partition coefficient (Wildman–Crippen LogP) is 2.50. The number of hydrogen-bond acceptors (Lipinski definition) is 2. The van der Waals surface area contributed by atoms with Gasteiger partial charge in [-0.3, -0.25) is 0 Å². The van der Waals surface area contributed by atoms with Gasteiger partial charge in [-0.05, 0) is 25.7 Å². The Bertz CT molecular complexity index is 135. The van der Waals surface area contributed by atoms with Crippen LogP contribution in [0.25, 0.3) is 0 Å². The van der Waals surface area contributed by atoms with E-state index in [1.165, 1.54) is 25.7 Å². The van der Waals surface area contributed by atoms with Gasteiger partial charge in [0, 0.05) is 0 Å². The van der Waals surface area contributed by atoms with Crippen LogP contribution in [0.3, 0.4) is 0 Å². The second kappa shape index (κ2) is 4.97. The van der Waals surface area contributed by atoms with Crippen molar-refractivity contribution in [3.8, 4) is 0 Å². The second-order valence-electron chi connectivity index (χ2n) is 4.15. The third-order valence-electron chi connectivity index (χ3n) is 3.21. The first-order valence-corrected chi connectivity index (χ1v) is 5.54. The normalized spacial score (nSPS) is 19.6. The van der Waals surface area contributed by atoms with Crippen LogP contribution in [0, 0.1) is 0 Å². The molecule has 0 aromatic carbocycles. The standard InChI is InChI=1S/C11H22O2/c1-3-11(12,4-2)9-13-10-7-5-6-8-10/h10,12H,3-9H2,1-2H3. The van der Waals surface area contributed by atoms with E-state index in [0.717, 1.165) is 12.8 Å². The molecule has 0 aliphatic heterocycles. The molecule has 1 N–H and O–H groups in total. The Balaban J connectivity index is 2.22. The molecule has 0 amide bonds.